The van der Waals surface area contributed by atoms with E-state index in [9.17, 15) is 0 Å². The van der Waals surface area contributed by atoms with Gasteiger partial charge >= 0.3 is 0 Å². The molecule has 4 nitrogen and oxygen atoms in total. The summed E-state index contributed by atoms with van der Waals surface area (Å²) in [5.41, 5.74) is 17.9. The highest BCUT2D eigenvalue weighted by Crippen LogP contribution is 2.58. The van der Waals surface area contributed by atoms with Gasteiger partial charge in [-0.05, 0) is 105 Å². The number of rotatable bonds is 2. The number of fused-ring (bicyclic) bond motifs is 6. The molecule has 5 aromatic rings. The largest absolute Gasteiger partial charge is 0.244 e. The molecule has 0 unspecified atom stereocenters. The SMILES string of the molecule is Cc1cc(-c2cncnc2)cc2c1-c1cc3c(cc1C2(C)C)-c1c(C)cc(-c2cncnc2)cc1C3(C)C. The molecule has 38 heavy (non-hydrogen) atoms. The van der Waals surface area contributed by atoms with Crippen molar-refractivity contribution in [1.82, 2.24) is 19.9 Å². The van der Waals surface area contributed by atoms with Gasteiger partial charge in [0, 0.05) is 46.7 Å². The fourth-order valence-corrected chi connectivity index (χ4v) is 6.84. The van der Waals surface area contributed by atoms with Gasteiger partial charge in [-0.3, -0.25) is 0 Å². The van der Waals surface area contributed by atoms with Gasteiger partial charge in [-0.25, -0.2) is 19.9 Å². The minimum Gasteiger partial charge on any atom is -0.244 e. The topological polar surface area (TPSA) is 51.6 Å². The lowest BCUT2D eigenvalue weighted by molar-refractivity contribution is 0.652. The molecule has 0 saturated heterocycles. The smallest absolute Gasteiger partial charge is 0.115 e. The van der Waals surface area contributed by atoms with Crippen molar-refractivity contribution >= 4 is 0 Å². The van der Waals surface area contributed by atoms with Gasteiger partial charge in [0.1, 0.15) is 12.7 Å². The Balaban J connectivity index is 1.44. The molecule has 7 rings (SSSR count). The molecule has 0 amide bonds. The zero-order chi connectivity index (χ0) is 26.4. The van der Waals surface area contributed by atoms with Crippen molar-refractivity contribution in [1.29, 1.82) is 0 Å². The molecule has 0 fully saturated rings. The Bertz CT molecular complexity index is 1630. The van der Waals surface area contributed by atoms with E-state index in [0.717, 1.165) is 11.1 Å². The zero-order valence-corrected chi connectivity index (χ0v) is 22.7. The van der Waals surface area contributed by atoms with E-state index in [0.29, 0.717) is 0 Å². The molecule has 2 aliphatic rings. The first-order valence-corrected chi connectivity index (χ1v) is 13.2. The van der Waals surface area contributed by atoms with Crippen LogP contribution in [0, 0.1) is 13.8 Å². The molecule has 186 valence electrons. The molecule has 0 radical (unpaired) electrons. The summed E-state index contributed by atoms with van der Waals surface area (Å²) in [5.74, 6) is 0. The van der Waals surface area contributed by atoms with Crippen molar-refractivity contribution < 1.29 is 0 Å². The van der Waals surface area contributed by atoms with E-state index in [1.54, 1.807) is 12.7 Å². The summed E-state index contributed by atoms with van der Waals surface area (Å²) in [4.78, 5) is 17.0. The van der Waals surface area contributed by atoms with Crippen LogP contribution in [0.1, 0.15) is 61.1 Å². The highest BCUT2D eigenvalue weighted by Gasteiger charge is 2.42. The number of aryl methyl sites for hydroxylation is 2. The molecule has 4 heteroatoms. The standard InChI is InChI=1S/C34H30N4/c1-19-7-21(23-13-35-17-36-14-23)9-29-31(19)25-11-28-26(12-27(25)33(29,3)4)32-20(2)8-22(10-30(32)34(28,5)6)24-15-37-18-38-16-24/h7-18H,1-6H3. The first kappa shape index (κ1) is 23.0. The molecule has 2 aliphatic carbocycles. The van der Waals surface area contributed by atoms with Crippen LogP contribution >= 0.6 is 0 Å². The van der Waals surface area contributed by atoms with Gasteiger partial charge in [0.25, 0.3) is 0 Å². The van der Waals surface area contributed by atoms with Crippen LogP contribution in [-0.4, -0.2) is 19.9 Å². The summed E-state index contributed by atoms with van der Waals surface area (Å²) in [6.45, 7) is 13.9. The quantitative estimate of drug-likeness (QED) is 0.251. The van der Waals surface area contributed by atoms with Crippen molar-refractivity contribution in [2.75, 3.05) is 0 Å². The van der Waals surface area contributed by atoms with Crippen LogP contribution in [-0.2, 0) is 10.8 Å². The Kier molecular flexibility index (Phi) is 4.64. The minimum atomic E-state index is -0.113. The first-order valence-electron chi connectivity index (χ1n) is 13.2. The summed E-state index contributed by atoms with van der Waals surface area (Å²) < 4.78 is 0. The maximum atomic E-state index is 4.25. The Morgan fingerprint density at radius 1 is 0.447 bits per heavy atom. The Morgan fingerprint density at radius 3 is 1.18 bits per heavy atom. The van der Waals surface area contributed by atoms with Crippen LogP contribution in [0.25, 0.3) is 44.5 Å². The van der Waals surface area contributed by atoms with E-state index in [-0.39, 0.29) is 10.8 Å². The van der Waals surface area contributed by atoms with Gasteiger partial charge in [-0.15, -0.1) is 0 Å². The van der Waals surface area contributed by atoms with Crippen LogP contribution in [0.5, 0.6) is 0 Å². The lowest BCUT2D eigenvalue weighted by atomic mass is 9.79. The molecule has 2 heterocycles. The van der Waals surface area contributed by atoms with Crippen molar-refractivity contribution in [3.05, 3.63) is 107 Å². The summed E-state index contributed by atoms with van der Waals surface area (Å²) >= 11 is 0. The highest BCUT2D eigenvalue weighted by molar-refractivity contribution is 5.93. The van der Waals surface area contributed by atoms with Gasteiger partial charge in [0.15, 0.2) is 0 Å². The number of hydrogen-bond donors (Lipinski definition) is 0. The number of hydrogen-bond acceptors (Lipinski definition) is 4. The van der Waals surface area contributed by atoms with E-state index in [1.165, 1.54) is 66.8 Å². The lowest BCUT2D eigenvalue weighted by Gasteiger charge is -2.24. The van der Waals surface area contributed by atoms with E-state index in [1.807, 2.05) is 24.8 Å². The van der Waals surface area contributed by atoms with Crippen molar-refractivity contribution in [2.24, 2.45) is 0 Å². The third-order valence-corrected chi connectivity index (χ3v) is 8.85. The summed E-state index contributed by atoms with van der Waals surface area (Å²) in [6, 6.07) is 14.3. The summed E-state index contributed by atoms with van der Waals surface area (Å²) in [6.07, 6.45) is 10.8. The number of nitrogens with zero attached hydrogens (tertiary/aromatic N) is 4. The molecule has 0 saturated carbocycles. The lowest BCUT2D eigenvalue weighted by Crippen LogP contribution is -2.17. The summed E-state index contributed by atoms with van der Waals surface area (Å²) in [7, 11) is 0. The van der Waals surface area contributed by atoms with Crippen molar-refractivity contribution in [2.45, 2.75) is 52.4 Å². The fourth-order valence-electron chi connectivity index (χ4n) is 6.84. The van der Waals surface area contributed by atoms with Crippen molar-refractivity contribution in [3.8, 4) is 44.5 Å². The average molecular weight is 495 g/mol. The Labute approximate surface area is 223 Å². The normalized spacial score (nSPS) is 15.5. The molecule has 3 aromatic carbocycles. The van der Waals surface area contributed by atoms with E-state index < -0.39 is 0 Å². The Morgan fingerprint density at radius 2 is 0.816 bits per heavy atom. The fraction of sp³-hybridized carbons (Fsp3) is 0.235. The molecule has 0 spiro atoms. The van der Waals surface area contributed by atoms with Crippen LogP contribution in [0.4, 0.5) is 0 Å². The molecule has 0 atom stereocenters. The maximum absolute atomic E-state index is 4.25. The predicted molar refractivity (Wildman–Crippen MR) is 153 cm³/mol. The third kappa shape index (κ3) is 3.03. The van der Waals surface area contributed by atoms with Crippen LogP contribution in [0.3, 0.4) is 0 Å². The third-order valence-electron chi connectivity index (χ3n) is 8.85. The van der Waals surface area contributed by atoms with Crippen LogP contribution in [0.15, 0.2) is 73.8 Å². The van der Waals surface area contributed by atoms with Gasteiger partial charge in [0.2, 0.25) is 0 Å². The van der Waals surface area contributed by atoms with Gasteiger partial charge in [-0.2, -0.15) is 0 Å². The second-order valence-electron chi connectivity index (χ2n) is 11.9. The van der Waals surface area contributed by atoms with E-state index in [4.69, 9.17) is 0 Å². The molecular weight excluding hydrogens is 464 g/mol. The van der Waals surface area contributed by atoms with Crippen LogP contribution in [0.2, 0.25) is 0 Å². The number of benzene rings is 3. The zero-order valence-electron chi connectivity index (χ0n) is 22.7. The molecule has 0 aliphatic heterocycles. The van der Waals surface area contributed by atoms with Gasteiger partial charge < -0.3 is 0 Å². The van der Waals surface area contributed by atoms with Gasteiger partial charge in [-0.1, -0.05) is 39.8 Å². The molecule has 0 bridgehead atoms. The maximum Gasteiger partial charge on any atom is 0.115 e. The second kappa shape index (κ2) is 7.67. The van der Waals surface area contributed by atoms with E-state index in [2.05, 4.69) is 97.9 Å². The van der Waals surface area contributed by atoms with Crippen LogP contribution < -0.4 is 0 Å². The molecule has 2 aromatic heterocycles. The second-order valence-corrected chi connectivity index (χ2v) is 11.9. The summed E-state index contributed by atoms with van der Waals surface area (Å²) in [5, 5.41) is 0. The monoisotopic (exact) mass is 494 g/mol. The average Bonchev–Trinajstić information content (AvgIpc) is 3.28. The minimum absolute atomic E-state index is 0.113. The highest BCUT2D eigenvalue weighted by atomic mass is 14.8. The van der Waals surface area contributed by atoms with E-state index >= 15 is 0 Å². The van der Waals surface area contributed by atoms with Crippen molar-refractivity contribution in [3.63, 3.8) is 0 Å². The predicted octanol–water partition coefficient (Wildman–Crippen LogP) is 7.83. The van der Waals surface area contributed by atoms with Gasteiger partial charge in [0.05, 0.1) is 0 Å². The first-order chi connectivity index (χ1) is 18.2. The Hall–Kier alpha value is -4.18. The number of aromatic nitrogens is 4. The molecular formula is C34H30N4. The molecule has 0 N–H and O–H groups in total.